The molecule has 2 aromatic carbocycles. The summed E-state index contributed by atoms with van der Waals surface area (Å²) in [6, 6.07) is 11.0. The molecule has 0 saturated carbocycles. The first-order valence-electron chi connectivity index (χ1n) is 9.96. The highest BCUT2D eigenvalue weighted by molar-refractivity contribution is 9.10. The summed E-state index contributed by atoms with van der Waals surface area (Å²) in [7, 11) is 0. The number of halogens is 2. The van der Waals surface area contributed by atoms with Crippen molar-refractivity contribution in [1.82, 2.24) is 4.90 Å². The Labute approximate surface area is 180 Å². The largest absolute Gasteiger partial charge is 0.324 e. The summed E-state index contributed by atoms with van der Waals surface area (Å²) in [5.74, 6) is -3.00. The van der Waals surface area contributed by atoms with E-state index in [9.17, 15) is 18.8 Å². The number of carbonyl (C=O) groups is 3. The number of rotatable bonds is 1. The van der Waals surface area contributed by atoms with Crippen LogP contribution in [-0.2, 0) is 19.9 Å². The maximum atomic E-state index is 14.2. The molecule has 8 heteroatoms. The summed E-state index contributed by atoms with van der Waals surface area (Å²) in [6.07, 6.45) is 1.55. The zero-order valence-corrected chi connectivity index (χ0v) is 17.4. The highest BCUT2D eigenvalue weighted by Gasteiger charge is 2.74. The van der Waals surface area contributed by atoms with E-state index in [-0.39, 0.29) is 17.9 Å². The molecule has 30 heavy (non-hydrogen) atoms. The normalized spacial score (nSPS) is 32.0. The average Bonchev–Trinajstić information content (AvgIpc) is 3.40. The molecule has 152 valence electrons. The fraction of sp³-hybridized carbons (Fsp3) is 0.318. The van der Waals surface area contributed by atoms with Crippen molar-refractivity contribution < 1.29 is 18.8 Å². The van der Waals surface area contributed by atoms with Crippen LogP contribution in [0.4, 0.5) is 15.8 Å². The molecule has 6 nitrogen and oxygen atoms in total. The Morgan fingerprint density at radius 3 is 2.73 bits per heavy atom. The molecule has 0 radical (unpaired) electrons. The van der Waals surface area contributed by atoms with Crippen molar-refractivity contribution in [3.63, 3.8) is 0 Å². The number of amides is 3. The minimum absolute atomic E-state index is 0.219. The van der Waals surface area contributed by atoms with Crippen LogP contribution in [0, 0.1) is 17.7 Å². The van der Waals surface area contributed by atoms with Gasteiger partial charge >= 0.3 is 0 Å². The SMILES string of the molecule is O=C1[C@H]2[C@H]3CCCN3[C@@]3(C(=O)Nc4ccc(F)cc43)[C@@H]2C(=O)N1c1cccc(Br)c1. The van der Waals surface area contributed by atoms with Crippen molar-refractivity contribution >= 4 is 45.0 Å². The summed E-state index contributed by atoms with van der Waals surface area (Å²) in [5.41, 5.74) is 0.0980. The third-order valence-electron chi connectivity index (χ3n) is 7.02. The second-order valence-corrected chi connectivity index (χ2v) is 9.22. The quantitative estimate of drug-likeness (QED) is 0.651. The predicted octanol–water partition coefficient (Wildman–Crippen LogP) is 3.02. The van der Waals surface area contributed by atoms with E-state index in [1.807, 2.05) is 11.0 Å². The molecule has 0 aliphatic carbocycles. The van der Waals surface area contributed by atoms with E-state index < -0.39 is 29.1 Å². The van der Waals surface area contributed by atoms with Crippen LogP contribution in [0.1, 0.15) is 18.4 Å². The van der Waals surface area contributed by atoms with Crippen molar-refractivity contribution in [2.75, 3.05) is 16.8 Å². The Kier molecular flexibility index (Phi) is 3.63. The van der Waals surface area contributed by atoms with Gasteiger partial charge in [-0.1, -0.05) is 22.0 Å². The minimum Gasteiger partial charge on any atom is -0.324 e. The molecule has 4 aliphatic rings. The summed E-state index contributed by atoms with van der Waals surface area (Å²) in [5, 5.41) is 2.84. The molecule has 3 fully saturated rings. The lowest BCUT2D eigenvalue weighted by molar-refractivity contribution is -0.135. The van der Waals surface area contributed by atoms with E-state index in [1.165, 1.54) is 23.1 Å². The Morgan fingerprint density at radius 2 is 1.93 bits per heavy atom. The van der Waals surface area contributed by atoms with E-state index in [4.69, 9.17) is 0 Å². The second kappa shape index (κ2) is 5.98. The average molecular weight is 470 g/mol. The van der Waals surface area contributed by atoms with Gasteiger partial charge in [0.05, 0.1) is 17.5 Å². The maximum Gasteiger partial charge on any atom is 0.250 e. The molecule has 4 heterocycles. The predicted molar refractivity (Wildman–Crippen MR) is 110 cm³/mol. The van der Waals surface area contributed by atoms with Crippen molar-refractivity contribution in [3.05, 3.63) is 58.3 Å². The van der Waals surface area contributed by atoms with Gasteiger partial charge in [-0.05, 0) is 55.8 Å². The zero-order chi connectivity index (χ0) is 20.8. The summed E-state index contributed by atoms with van der Waals surface area (Å²) in [4.78, 5) is 43.9. The van der Waals surface area contributed by atoms with Gasteiger partial charge < -0.3 is 5.32 Å². The standard InChI is InChI=1S/C22H17BrFN3O3/c23-11-3-1-4-13(9-11)27-19(28)17-16-5-2-8-26(16)22(18(17)20(27)29)14-10-12(24)6-7-15(14)25-21(22)30/h1,3-4,6-7,9-10,16-18H,2,5,8H2,(H,25,30)/t16-,17+,18+,22-/m1/s1. The molecule has 0 bridgehead atoms. The Morgan fingerprint density at radius 1 is 1.10 bits per heavy atom. The lowest BCUT2D eigenvalue weighted by Gasteiger charge is -2.36. The van der Waals surface area contributed by atoms with E-state index >= 15 is 0 Å². The van der Waals surface area contributed by atoms with E-state index in [0.29, 0.717) is 23.5 Å². The van der Waals surface area contributed by atoms with Gasteiger partial charge in [0, 0.05) is 21.8 Å². The smallest absolute Gasteiger partial charge is 0.250 e. The van der Waals surface area contributed by atoms with Crippen molar-refractivity contribution in [2.45, 2.75) is 24.4 Å². The molecule has 4 atom stereocenters. The Bertz CT molecular complexity index is 1150. The number of nitrogens with one attached hydrogen (secondary N) is 1. The van der Waals surface area contributed by atoms with Crippen LogP contribution in [0.25, 0.3) is 0 Å². The number of anilines is 2. The highest BCUT2D eigenvalue weighted by atomic mass is 79.9. The molecule has 1 N–H and O–H groups in total. The number of nitrogens with zero attached hydrogens (tertiary/aromatic N) is 2. The fourth-order valence-corrected chi connectivity index (χ4v) is 6.43. The topological polar surface area (TPSA) is 69.7 Å². The van der Waals surface area contributed by atoms with Gasteiger partial charge in [0.15, 0.2) is 0 Å². The van der Waals surface area contributed by atoms with Crippen LogP contribution in [0.2, 0.25) is 0 Å². The van der Waals surface area contributed by atoms with E-state index in [0.717, 1.165) is 17.3 Å². The van der Waals surface area contributed by atoms with Crippen LogP contribution >= 0.6 is 15.9 Å². The van der Waals surface area contributed by atoms with Crippen molar-refractivity contribution in [3.8, 4) is 0 Å². The number of hydrogen-bond donors (Lipinski definition) is 1. The number of hydrogen-bond acceptors (Lipinski definition) is 4. The van der Waals surface area contributed by atoms with Crippen molar-refractivity contribution in [1.29, 1.82) is 0 Å². The fourth-order valence-electron chi connectivity index (χ4n) is 6.04. The van der Waals surface area contributed by atoms with Gasteiger partial charge in [0.25, 0.3) is 0 Å². The van der Waals surface area contributed by atoms with Gasteiger partial charge in [0.1, 0.15) is 11.4 Å². The molecule has 2 aromatic rings. The van der Waals surface area contributed by atoms with Gasteiger partial charge in [-0.15, -0.1) is 0 Å². The lowest BCUT2D eigenvalue weighted by atomic mass is 9.75. The molecule has 6 rings (SSSR count). The summed E-state index contributed by atoms with van der Waals surface area (Å²) in [6.45, 7) is 0.596. The number of fused-ring (bicyclic) bond motifs is 7. The molecule has 3 saturated heterocycles. The van der Waals surface area contributed by atoms with Crippen molar-refractivity contribution in [2.24, 2.45) is 11.8 Å². The minimum atomic E-state index is -1.35. The lowest BCUT2D eigenvalue weighted by Crippen LogP contribution is -2.54. The van der Waals surface area contributed by atoms with Crippen LogP contribution in [-0.4, -0.2) is 35.2 Å². The van der Waals surface area contributed by atoms with Gasteiger partial charge in [-0.25, -0.2) is 9.29 Å². The van der Waals surface area contributed by atoms with Crippen LogP contribution in [0.15, 0.2) is 46.9 Å². The maximum absolute atomic E-state index is 14.2. The summed E-state index contributed by atoms with van der Waals surface area (Å²) < 4.78 is 15.0. The third kappa shape index (κ3) is 2.03. The van der Waals surface area contributed by atoms with Crippen LogP contribution in [0.3, 0.4) is 0 Å². The molecule has 3 amide bonds. The third-order valence-corrected chi connectivity index (χ3v) is 7.51. The van der Waals surface area contributed by atoms with Gasteiger partial charge in [-0.2, -0.15) is 0 Å². The Hall–Kier alpha value is -2.58. The van der Waals surface area contributed by atoms with Crippen LogP contribution < -0.4 is 10.2 Å². The molecule has 0 unspecified atom stereocenters. The van der Waals surface area contributed by atoms with Crippen LogP contribution in [0.5, 0.6) is 0 Å². The monoisotopic (exact) mass is 469 g/mol. The number of imide groups is 1. The second-order valence-electron chi connectivity index (χ2n) is 8.31. The number of benzene rings is 2. The molecular weight excluding hydrogens is 453 g/mol. The Balaban J connectivity index is 1.57. The molecule has 1 spiro atoms. The highest BCUT2D eigenvalue weighted by Crippen LogP contribution is 2.60. The van der Waals surface area contributed by atoms with E-state index in [1.54, 1.807) is 18.2 Å². The molecule has 0 aromatic heterocycles. The first-order chi connectivity index (χ1) is 14.4. The molecule has 4 aliphatic heterocycles. The first-order valence-corrected chi connectivity index (χ1v) is 10.8. The van der Waals surface area contributed by atoms with Gasteiger partial charge in [0.2, 0.25) is 17.7 Å². The zero-order valence-electron chi connectivity index (χ0n) is 15.8. The summed E-state index contributed by atoms with van der Waals surface area (Å²) >= 11 is 3.39. The first kappa shape index (κ1) is 18.2. The van der Waals surface area contributed by atoms with E-state index in [2.05, 4.69) is 21.2 Å². The van der Waals surface area contributed by atoms with Gasteiger partial charge in [-0.3, -0.25) is 19.3 Å². The number of carbonyl (C=O) groups excluding carboxylic acids is 3. The molecular formula is C22H17BrFN3O3.